The Morgan fingerprint density at radius 2 is 1.90 bits per heavy atom. The molecule has 0 bridgehead atoms. The number of hydrogen-bond donors (Lipinski definition) is 0. The van der Waals surface area contributed by atoms with Crippen LogP contribution in [0.15, 0.2) is 29.4 Å². The number of carbonyl (C=O) groups is 1. The van der Waals surface area contributed by atoms with Crippen LogP contribution in [0.4, 0.5) is 0 Å². The lowest BCUT2D eigenvalue weighted by Gasteiger charge is -2.09. The second-order valence-electron chi connectivity index (χ2n) is 4.81. The number of amides is 1. The highest BCUT2D eigenvalue weighted by Gasteiger charge is 2.13. The minimum Gasteiger partial charge on any atom is -0.348 e. The van der Waals surface area contributed by atoms with E-state index in [-0.39, 0.29) is 5.91 Å². The summed E-state index contributed by atoms with van der Waals surface area (Å²) in [7, 11) is 5.41. The molecule has 0 N–H and O–H groups in total. The fourth-order valence-electron chi connectivity index (χ4n) is 1.65. The first-order chi connectivity index (χ1) is 9.49. The lowest BCUT2D eigenvalue weighted by molar-refractivity contribution is -0.125. The van der Waals surface area contributed by atoms with E-state index < -0.39 is 0 Å². The Labute approximate surface area is 123 Å². The van der Waals surface area contributed by atoms with E-state index in [0.717, 1.165) is 16.5 Å². The lowest BCUT2D eigenvalue weighted by atomic mass is 10.1. The molecule has 0 atom stereocenters. The summed E-state index contributed by atoms with van der Waals surface area (Å²) in [5.41, 5.74) is 2.23. The van der Waals surface area contributed by atoms with Crippen molar-refractivity contribution in [1.82, 2.24) is 19.7 Å². The van der Waals surface area contributed by atoms with Gasteiger partial charge in [0.2, 0.25) is 5.91 Å². The highest BCUT2D eigenvalue weighted by molar-refractivity contribution is 7.99. The van der Waals surface area contributed by atoms with Gasteiger partial charge in [-0.1, -0.05) is 41.6 Å². The van der Waals surface area contributed by atoms with Crippen LogP contribution in [0.1, 0.15) is 5.56 Å². The lowest BCUT2D eigenvalue weighted by Crippen LogP contribution is -2.23. The van der Waals surface area contributed by atoms with E-state index in [2.05, 4.69) is 17.1 Å². The van der Waals surface area contributed by atoms with Crippen molar-refractivity contribution >= 4 is 17.7 Å². The molecule has 0 aliphatic carbocycles. The maximum atomic E-state index is 11.6. The van der Waals surface area contributed by atoms with E-state index in [1.54, 1.807) is 19.0 Å². The Hall–Kier alpha value is -1.82. The third-order valence-corrected chi connectivity index (χ3v) is 3.97. The van der Waals surface area contributed by atoms with Crippen LogP contribution >= 0.6 is 11.8 Å². The molecular weight excluding hydrogens is 272 g/mol. The van der Waals surface area contributed by atoms with E-state index in [0.29, 0.717) is 5.75 Å². The normalized spacial score (nSPS) is 10.6. The standard InChI is InChI=1S/C14H18N4OS/c1-10-5-7-11(8-6-10)13-15-16-14(18(13)4)20-9-12(19)17(2)3/h5-8H,9H2,1-4H3. The zero-order valence-corrected chi connectivity index (χ0v) is 12.9. The van der Waals surface area contributed by atoms with E-state index in [1.807, 2.05) is 35.9 Å². The van der Waals surface area contributed by atoms with Gasteiger partial charge in [-0.05, 0) is 6.92 Å². The summed E-state index contributed by atoms with van der Waals surface area (Å²) in [4.78, 5) is 13.2. The molecule has 0 saturated heterocycles. The van der Waals surface area contributed by atoms with Gasteiger partial charge in [0.25, 0.3) is 0 Å². The number of thioether (sulfide) groups is 1. The second kappa shape index (κ2) is 6.09. The van der Waals surface area contributed by atoms with Gasteiger partial charge in [-0.25, -0.2) is 0 Å². The molecule has 106 valence electrons. The van der Waals surface area contributed by atoms with Crippen LogP contribution in [0.2, 0.25) is 0 Å². The molecule has 6 heteroatoms. The Morgan fingerprint density at radius 1 is 1.25 bits per heavy atom. The molecular formula is C14H18N4OS. The molecule has 1 aromatic carbocycles. The van der Waals surface area contributed by atoms with Crippen LogP contribution in [0.5, 0.6) is 0 Å². The van der Waals surface area contributed by atoms with Crippen molar-refractivity contribution < 1.29 is 4.79 Å². The van der Waals surface area contributed by atoms with Gasteiger partial charge in [0.15, 0.2) is 11.0 Å². The largest absolute Gasteiger partial charge is 0.348 e. The molecule has 0 spiro atoms. The number of aryl methyl sites for hydroxylation is 1. The maximum absolute atomic E-state index is 11.6. The molecule has 20 heavy (non-hydrogen) atoms. The zero-order chi connectivity index (χ0) is 14.7. The SMILES string of the molecule is Cc1ccc(-c2nnc(SCC(=O)N(C)C)n2C)cc1. The molecule has 0 fully saturated rings. The monoisotopic (exact) mass is 290 g/mol. The van der Waals surface area contributed by atoms with Crippen molar-refractivity contribution in [1.29, 1.82) is 0 Å². The first kappa shape index (κ1) is 14.6. The van der Waals surface area contributed by atoms with Crippen LogP contribution in [0.3, 0.4) is 0 Å². The Morgan fingerprint density at radius 3 is 2.50 bits per heavy atom. The molecule has 1 amide bonds. The number of nitrogens with zero attached hydrogens (tertiary/aromatic N) is 4. The predicted molar refractivity (Wildman–Crippen MR) is 80.6 cm³/mol. The summed E-state index contributed by atoms with van der Waals surface area (Å²) in [5, 5.41) is 9.10. The van der Waals surface area contributed by atoms with Gasteiger partial charge >= 0.3 is 0 Å². The van der Waals surface area contributed by atoms with E-state index >= 15 is 0 Å². The zero-order valence-electron chi connectivity index (χ0n) is 12.1. The van der Waals surface area contributed by atoms with Crippen molar-refractivity contribution in [3.63, 3.8) is 0 Å². The van der Waals surface area contributed by atoms with Crippen molar-refractivity contribution in [3.05, 3.63) is 29.8 Å². The van der Waals surface area contributed by atoms with E-state index in [9.17, 15) is 4.79 Å². The molecule has 0 aliphatic rings. The average Bonchev–Trinajstić information content (AvgIpc) is 2.78. The number of hydrogen-bond acceptors (Lipinski definition) is 4. The third-order valence-electron chi connectivity index (χ3n) is 2.97. The van der Waals surface area contributed by atoms with Crippen LogP contribution in [0.25, 0.3) is 11.4 Å². The summed E-state index contributed by atoms with van der Waals surface area (Å²) in [6, 6.07) is 8.15. The molecule has 0 radical (unpaired) electrons. The summed E-state index contributed by atoms with van der Waals surface area (Å²) in [6.45, 7) is 2.05. The molecule has 1 heterocycles. The number of benzene rings is 1. The molecule has 5 nitrogen and oxygen atoms in total. The van der Waals surface area contributed by atoms with Crippen LogP contribution in [-0.2, 0) is 11.8 Å². The van der Waals surface area contributed by atoms with Gasteiger partial charge < -0.3 is 9.47 Å². The topological polar surface area (TPSA) is 51.0 Å². The summed E-state index contributed by atoms with van der Waals surface area (Å²) in [5.74, 6) is 1.24. The van der Waals surface area contributed by atoms with Gasteiger partial charge in [-0.15, -0.1) is 10.2 Å². The number of aromatic nitrogens is 3. The molecule has 2 rings (SSSR count). The second-order valence-corrected chi connectivity index (χ2v) is 5.75. The van der Waals surface area contributed by atoms with Gasteiger partial charge in [-0.3, -0.25) is 4.79 Å². The molecule has 2 aromatic rings. The molecule has 1 aromatic heterocycles. The minimum atomic E-state index is 0.0647. The van der Waals surface area contributed by atoms with Crippen LogP contribution in [0, 0.1) is 6.92 Å². The van der Waals surface area contributed by atoms with Crippen molar-refractivity contribution in [2.24, 2.45) is 7.05 Å². The molecule has 0 aliphatic heterocycles. The highest BCUT2D eigenvalue weighted by atomic mass is 32.2. The minimum absolute atomic E-state index is 0.0647. The predicted octanol–water partition coefficient (Wildman–Crippen LogP) is 1.97. The summed E-state index contributed by atoms with van der Waals surface area (Å²) in [6.07, 6.45) is 0. The van der Waals surface area contributed by atoms with Crippen LogP contribution < -0.4 is 0 Å². The first-order valence-corrected chi connectivity index (χ1v) is 7.27. The van der Waals surface area contributed by atoms with Gasteiger partial charge in [0, 0.05) is 26.7 Å². The van der Waals surface area contributed by atoms with E-state index in [1.165, 1.54) is 17.3 Å². The smallest absolute Gasteiger partial charge is 0.232 e. The summed E-state index contributed by atoms with van der Waals surface area (Å²) < 4.78 is 1.91. The third kappa shape index (κ3) is 3.19. The van der Waals surface area contributed by atoms with Gasteiger partial charge in [0.1, 0.15) is 0 Å². The fourth-order valence-corrected chi connectivity index (χ4v) is 2.54. The fraction of sp³-hybridized carbons (Fsp3) is 0.357. The number of carbonyl (C=O) groups excluding carboxylic acids is 1. The van der Waals surface area contributed by atoms with Crippen LogP contribution in [-0.4, -0.2) is 45.4 Å². The molecule has 0 saturated carbocycles. The van der Waals surface area contributed by atoms with Crippen molar-refractivity contribution in [3.8, 4) is 11.4 Å². The van der Waals surface area contributed by atoms with Crippen molar-refractivity contribution in [2.45, 2.75) is 12.1 Å². The average molecular weight is 290 g/mol. The van der Waals surface area contributed by atoms with E-state index in [4.69, 9.17) is 0 Å². The Kier molecular flexibility index (Phi) is 4.44. The highest BCUT2D eigenvalue weighted by Crippen LogP contribution is 2.22. The Balaban J connectivity index is 2.15. The quantitative estimate of drug-likeness (QED) is 0.808. The van der Waals surface area contributed by atoms with Gasteiger partial charge in [-0.2, -0.15) is 0 Å². The van der Waals surface area contributed by atoms with Gasteiger partial charge in [0.05, 0.1) is 5.75 Å². The Bertz CT molecular complexity index is 604. The summed E-state index contributed by atoms with van der Waals surface area (Å²) >= 11 is 1.40. The number of rotatable bonds is 4. The molecule has 0 unspecified atom stereocenters. The van der Waals surface area contributed by atoms with Crippen molar-refractivity contribution in [2.75, 3.05) is 19.8 Å². The maximum Gasteiger partial charge on any atom is 0.232 e. The first-order valence-electron chi connectivity index (χ1n) is 6.28.